The third-order valence-electron chi connectivity index (χ3n) is 8.61. The summed E-state index contributed by atoms with van der Waals surface area (Å²) in [4.78, 5) is 56.1. The molecule has 2 atom stereocenters. The first kappa shape index (κ1) is 31.2. The minimum absolute atomic E-state index is 0.0702. The molecule has 4 heterocycles. The second-order valence-electron chi connectivity index (χ2n) is 11.1. The van der Waals surface area contributed by atoms with Crippen LogP contribution in [-0.4, -0.2) is 56.7 Å². The smallest absolute Gasteiger partial charge is 0.303 e. The van der Waals surface area contributed by atoms with Gasteiger partial charge in [-0.3, -0.25) is 24.2 Å². The molecule has 1 aromatic rings. The lowest BCUT2D eigenvalue weighted by atomic mass is 9.95. The number of aromatic amines is 1. The molecule has 0 radical (unpaired) electrons. The van der Waals surface area contributed by atoms with E-state index in [-0.39, 0.29) is 49.6 Å². The summed E-state index contributed by atoms with van der Waals surface area (Å²) >= 11 is 0. The van der Waals surface area contributed by atoms with Crippen molar-refractivity contribution < 1.29 is 29.4 Å². The molecule has 4 rings (SSSR count). The van der Waals surface area contributed by atoms with Crippen molar-refractivity contribution in [2.24, 2.45) is 4.99 Å². The normalized spacial score (nSPS) is 21.1. The van der Waals surface area contributed by atoms with Crippen molar-refractivity contribution in [2.45, 2.75) is 78.3 Å². The van der Waals surface area contributed by atoms with Crippen molar-refractivity contribution in [1.82, 2.24) is 15.6 Å². The van der Waals surface area contributed by atoms with Crippen LogP contribution in [0.2, 0.25) is 0 Å². The highest BCUT2D eigenvalue weighted by Crippen LogP contribution is 2.35. The van der Waals surface area contributed by atoms with Crippen molar-refractivity contribution in [3.8, 4) is 0 Å². The Labute approximate surface area is 250 Å². The molecule has 0 aromatic carbocycles. The van der Waals surface area contributed by atoms with Gasteiger partial charge in [0.1, 0.15) is 0 Å². The predicted molar refractivity (Wildman–Crippen MR) is 164 cm³/mol. The number of carbonyl (C=O) groups is 4. The van der Waals surface area contributed by atoms with Crippen molar-refractivity contribution in [1.29, 1.82) is 0 Å². The standard InChI is InChI=1S/C33H38N4O6/c1-7-20-19(6)32(42)37-27(20)14-25-18(5)23(10-12-31(40)41)29(35-25)15-28-22(9-11-30(38)39)17(4)24(34-28)13-26-16(3)21(8-2)33(43)36-26/h7-8,15,26-27,35H,1-2,9-14H2,3-6H3,(H,36,43)(H,37,42)(H,38,39)(H,40,41)/t26-,27+/m0/s1. The van der Waals surface area contributed by atoms with Crippen LogP contribution in [0.3, 0.4) is 0 Å². The van der Waals surface area contributed by atoms with Gasteiger partial charge in [0.15, 0.2) is 0 Å². The summed E-state index contributed by atoms with van der Waals surface area (Å²) in [5, 5.41) is 24.8. The Morgan fingerprint density at radius 1 is 0.884 bits per heavy atom. The van der Waals surface area contributed by atoms with Crippen molar-refractivity contribution in [2.75, 3.05) is 0 Å². The van der Waals surface area contributed by atoms with Gasteiger partial charge in [0.05, 0.1) is 17.8 Å². The Morgan fingerprint density at radius 3 is 2.14 bits per heavy atom. The lowest BCUT2D eigenvalue weighted by Gasteiger charge is -2.13. The van der Waals surface area contributed by atoms with Crippen molar-refractivity contribution in [3.63, 3.8) is 0 Å². The predicted octanol–water partition coefficient (Wildman–Crippen LogP) is 4.25. The van der Waals surface area contributed by atoms with E-state index in [0.29, 0.717) is 35.4 Å². The number of hydrogen-bond acceptors (Lipinski definition) is 5. The van der Waals surface area contributed by atoms with E-state index < -0.39 is 11.9 Å². The number of H-pyrrole nitrogens is 1. The number of rotatable bonds is 13. The topological polar surface area (TPSA) is 161 Å². The number of allylic oxidation sites excluding steroid dienone is 2. The minimum atomic E-state index is -0.925. The van der Waals surface area contributed by atoms with Crippen LogP contribution in [0.25, 0.3) is 6.08 Å². The van der Waals surface area contributed by atoms with E-state index in [1.165, 1.54) is 0 Å². The number of carbonyl (C=O) groups excluding carboxylic acids is 2. The molecule has 2 amide bonds. The fourth-order valence-electron chi connectivity index (χ4n) is 6.02. The van der Waals surface area contributed by atoms with Crippen LogP contribution in [0.5, 0.6) is 0 Å². The molecule has 1 aromatic heterocycles. The quantitative estimate of drug-likeness (QED) is 0.232. The van der Waals surface area contributed by atoms with Crippen LogP contribution < -0.4 is 10.6 Å². The molecular formula is C33H38N4O6. The van der Waals surface area contributed by atoms with Crippen molar-refractivity contribution >= 4 is 35.5 Å². The third-order valence-corrected chi connectivity index (χ3v) is 8.61. The van der Waals surface area contributed by atoms with Gasteiger partial charge in [-0.2, -0.15) is 0 Å². The second kappa shape index (κ2) is 12.6. The lowest BCUT2D eigenvalue weighted by molar-refractivity contribution is -0.138. The van der Waals surface area contributed by atoms with Gasteiger partial charge >= 0.3 is 11.9 Å². The van der Waals surface area contributed by atoms with Crippen molar-refractivity contribution in [3.05, 3.63) is 87.0 Å². The number of nitrogens with zero attached hydrogens (tertiary/aromatic N) is 1. The molecule has 0 fully saturated rings. The number of nitrogens with one attached hydrogen (secondary N) is 3. The Bertz CT molecular complexity index is 1600. The molecule has 0 saturated heterocycles. The molecule has 0 aliphatic carbocycles. The number of aliphatic carboxylic acids is 2. The van der Waals surface area contributed by atoms with E-state index in [1.807, 2.05) is 26.8 Å². The molecular weight excluding hydrogens is 548 g/mol. The first-order chi connectivity index (χ1) is 20.4. The number of hydrogen-bond donors (Lipinski definition) is 5. The van der Waals surface area contributed by atoms with Gasteiger partial charge in [-0.25, -0.2) is 0 Å². The fourth-order valence-corrected chi connectivity index (χ4v) is 6.02. The molecule has 10 heteroatoms. The van der Waals surface area contributed by atoms with Crippen LogP contribution in [0.1, 0.15) is 69.0 Å². The van der Waals surface area contributed by atoms with Crippen LogP contribution in [0, 0.1) is 6.92 Å². The molecule has 0 unspecified atom stereocenters. The van der Waals surface area contributed by atoms with E-state index >= 15 is 0 Å². The monoisotopic (exact) mass is 586 g/mol. The minimum Gasteiger partial charge on any atom is -0.481 e. The molecule has 0 saturated carbocycles. The maximum atomic E-state index is 12.4. The van der Waals surface area contributed by atoms with Crippen LogP contribution in [0.15, 0.2) is 69.4 Å². The summed E-state index contributed by atoms with van der Waals surface area (Å²) in [6.45, 7) is 15.1. The Balaban J connectivity index is 1.75. The van der Waals surface area contributed by atoms with E-state index in [4.69, 9.17) is 4.99 Å². The first-order valence-corrected chi connectivity index (χ1v) is 14.3. The van der Waals surface area contributed by atoms with Gasteiger partial charge in [0, 0.05) is 53.9 Å². The van der Waals surface area contributed by atoms with Gasteiger partial charge in [-0.05, 0) is 80.0 Å². The molecule has 43 heavy (non-hydrogen) atoms. The van der Waals surface area contributed by atoms with Gasteiger partial charge < -0.3 is 25.8 Å². The SMILES string of the molecule is C=CC1=C(C)[C@H](CC2=NC(=Cc3[nH]c(C[C@H]4NC(=O)C(C)=C4C=C)c(C)c3CCC(=O)O)C(CCC(=O)O)=C2C)NC1=O. The Morgan fingerprint density at radius 2 is 1.53 bits per heavy atom. The van der Waals surface area contributed by atoms with E-state index in [0.717, 1.165) is 44.8 Å². The Kier molecular flexibility index (Phi) is 9.18. The summed E-state index contributed by atoms with van der Waals surface area (Å²) in [6, 6.07) is -0.519. The summed E-state index contributed by atoms with van der Waals surface area (Å²) in [5.41, 5.74) is 9.16. The average molecular weight is 587 g/mol. The summed E-state index contributed by atoms with van der Waals surface area (Å²) in [7, 11) is 0. The van der Waals surface area contributed by atoms with Gasteiger partial charge in [-0.1, -0.05) is 25.3 Å². The van der Waals surface area contributed by atoms with Crippen LogP contribution in [-0.2, 0) is 32.0 Å². The van der Waals surface area contributed by atoms with Crippen LogP contribution >= 0.6 is 0 Å². The number of amides is 2. The number of aromatic nitrogens is 1. The molecule has 0 bridgehead atoms. The van der Waals surface area contributed by atoms with E-state index in [1.54, 1.807) is 19.1 Å². The van der Waals surface area contributed by atoms with E-state index in [2.05, 4.69) is 28.8 Å². The van der Waals surface area contributed by atoms with Gasteiger partial charge in [0.2, 0.25) is 5.91 Å². The Hall–Kier alpha value is -4.73. The van der Waals surface area contributed by atoms with Gasteiger partial charge in [0.25, 0.3) is 5.91 Å². The highest BCUT2D eigenvalue weighted by Gasteiger charge is 2.32. The zero-order valence-corrected chi connectivity index (χ0v) is 25.0. The molecule has 3 aliphatic heterocycles. The molecule has 3 aliphatic rings. The van der Waals surface area contributed by atoms with E-state index in [9.17, 15) is 29.4 Å². The fraction of sp³-hybridized carbons (Fsp3) is 0.364. The largest absolute Gasteiger partial charge is 0.481 e. The zero-order valence-electron chi connectivity index (χ0n) is 25.0. The molecule has 10 nitrogen and oxygen atoms in total. The maximum absolute atomic E-state index is 12.4. The lowest BCUT2D eigenvalue weighted by Crippen LogP contribution is -2.30. The summed E-state index contributed by atoms with van der Waals surface area (Å²) in [5.74, 6) is -2.17. The molecule has 0 spiro atoms. The highest BCUT2D eigenvalue weighted by atomic mass is 16.4. The molecule has 5 N–H and O–H groups in total. The number of carboxylic acids is 2. The van der Waals surface area contributed by atoms with Crippen LogP contribution in [0.4, 0.5) is 0 Å². The van der Waals surface area contributed by atoms with Gasteiger partial charge in [-0.15, -0.1) is 0 Å². The zero-order chi connectivity index (χ0) is 31.6. The number of aliphatic imine (C=N–C) groups is 1. The highest BCUT2D eigenvalue weighted by molar-refractivity contribution is 6.07. The number of carboxylic acid groups (broad SMARTS) is 2. The third kappa shape index (κ3) is 6.38. The average Bonchev–Trinajstić information content (AvgIpc) is 3.59. The summed E-state index contributed by atoms with van der Waals surface area (Å²) in [6.07, 6.45) is 6.39. The maximum Gasteiger partial charge on any atom is 0.303 e. The summed E-state index contributed by atoms with van der Waals surface area (Å²) < 4.78 is 0. The molecule has 226 valence electrons. The second-order valence-corrected chi connectivity index (χ2v) is 11.1. The first-order valence-electron chi connectivity index (χ1n) is 14.3.